The molecule has 0 saturated heterocycles. The van der Waals surface area contributed by atoms with Crippen LogP contribution in [0.5, 0.6) is 11.5 Å². The number of ether oxygens (including phenoxy) is 2. The number of hydrogen-bond donors (Lipinski definition) is 1. The molecule has 130 valence electrons. The molecular formula is C18H15Cl2NO4. The van der Waals surface area contributed by atoms with Crippen molar-refractivity contribution in [2.75, 3.05) is 14.2 Å². The second-order valence-corrected chi connectivity index (χ2v) is 6.07. The molecule has 0 fully saturated rings. The molecule has 3 aromatic rings. The zero-order chi connectivity index (χ0) is 18.0. The van der Waals surface area contributed by atoms with E-state index < -0.39 is 0 Å². The fourth-order valence-electron chi connectivity index (χ4n) is 2.65. The summed E-state index contributed by atoms with van der Waals surface area (Å²) in [6.45, 7) is -0.292. The van der Waals surface area contributed by atoms with Crippen LogP contribution >= 0.6 is 23.2 Å². The van der Waals surface area contributed by atoms with Crippen molar-refractivity contribution in [3.05, 3.63) is 52.0 Å². The van der Waals surface area contributed by atoms with E-state index in [4.69, 9.17) is 37.2 Å². The Morgan fingerprint density at radius 2 is 1.64 bits per heavy atom. The van der Waals surface area contributed by atoms with Crippen molar-refractivity contribution in [1.29, 1.82) is 0 Å². The Hall–Kier alpha value is -2.21. The van der Waals surface area contributed by atoms with E-state index in [2.05, 4.69) is 5.16 Å². The fourth-order valence-corrected chi connectivity index (χ4v) is 3.17. The average Bonchev–Trinajstić information content (AvgIpc) is 3.03. The number of halogens is 2. The van der Waals surface area contributed by atoms with Gasteiger partial charge in [-0.05, 0) is 30.3 Å². The van der Waals surface area contributed by atoms with Crippen LogP contribution in [0.1, 0.15) is 5.56 Å². The van der Waals surface area contributed by atoms with Gasteiger partial charge in [0.15, 0.2) is 5.76 Å². The molecular weight excluding hydrogens is 365 g/mol. The lowest BCUT2D eigenvalue weighted by Gasteiger charge is -2.11. The van der Waals surface area contributed by atoms with Gasteiger partial charge in [-0.15, -0.1) is 0 Å². The molecule has 0 radical (unpaired) electrons. The Bertz CT molecular complexity index is 866. The lowest BCUT2D eigenvalue weighted by molar-refractivity contribution is 0.281. The smallest absolute Gasteiger partial charge is 0.173 e. The first-order valence-electron chi connectivity index (χ1n) is 7.36. The summed E-state index contributed by atoms with van der Waals surface area (Å²) >= 11 is 12.1. The molecule has 25 heavy (non-hydrogen) atoms. The zero-order valence-corrected chi connectivity index (χ0v) is 15.1. The lowest BCUT2D eigenvalue weighted by atomic mass is 10.0. The summed E-state index contributed by atoms with van der Waals surface area (Å²) in [6.07, 6.45) is 0. The molecule has 1 aromatic heterocycles. The van der Waals surface area contributed by atoms with Crippen molar-refractivity contribution in [2.45, 2.75) is 6.61 Å². The minimum Gasteiger partial charge on any atom is -0.496 e. The van der Waals surface area contributed by atoms with E-state index in [9.17, 15) is 5.11 Å². The zero-order valence-electron chi connectivity index (χ0n) is 13.5. The number of aliphatic hydroxyl groups excluding tert-OH is 1. The van der Waals surface area contributed by atoms with Gasteiger partial charge < -0.3 is 19.1 Å². The number of aromatic nitrogens is 1. The third-order valence-electron chi connectivity index (χ3n) is 3.74. The van der Waals surface area contributed by atoms with E-state index in [1.54, 1.807) is 50.6 Å². The molecule has 0 aliphatic heterocycles. The predicted octanol–water partition coefficient (Wildman–Crippen LogP) is 4.82. The quantitative estimate of drug-likeness (QED) is 0.687. The maximum Gasteiger partial charge on any atom is 0.173 e. The summed E-state index contributed by atoms with van der Waals surface area (Å²) in [4.78, 5) is 0. The third-order valence-corrected chi connectivity index (χ3v) is 4.17. The van der Waals surface area contributed by atoms with Crippen molar-refractivity contribution in [1.82, 2.24) is 5.16 Å². The number of methoxy groups -OCH3 is 2. The predicted molar refractivity (Wildman–Crippen MR) is 96.4 cm³/mol. The van der Waals surface area contributed by atoms with Crippen molar-refractivity contribution >= 4 is 23.2 Å². The Morgan fingerprint density at radius 3 is 2.16 bits per heavy atom. The van der Waals surface area contributed by atoms with Gasteiger partial charge in [0.05, 0.1) is 32.0 Å². The number of hydrogen-bond acceptors (Lipinski definition) is 5. The maximum atomic E-state index is 9.93. The van der Waals surface area contributed by atoms with Gasteiger partial charge in [-0.3, -0.25) is 0 Å². The highest BCUT2D eigenvalue weighted by Gasteiger charge is 2.24. The summed E-state index contributed by atoms with van der Waals surface area (Å²) in [5, 5.41) is 15.0. The largest absolute Gasteiger partial charge is 0.496 e. The number of nitrogens with zero attached hydrogens (tertiary/aromatic N) is 1. The summed E-state index contributed by atoms with van der Waals surface area (Å²) in [5.74, 6) is 1.49. The lowest BCUT2D eigenvalue weighted by Crippen LogP contribution is -1.96. The Labute approximate surface area is 154 Å². The number of rotatable bonds is 5. The van der Waals surface area contributed by atoms with E-state index in [-0.39, 0.29) is 6.61 Å². The van der Waals surface area contributed by atoms with E-state index >= 15 is 0 Å². The van der Waals surface area contributed by atoms with Gasteiger partial charge in [0, 0.05) is 15.6 Å². The molecule has 1 N–H and O–H groups in total. The topological polar surface area (TPSA) is 64.7 Å². The molecule has 0 unspecified atom stereocenters. The van der Waals surface area contributed by atoms with Crippen molar-refractivity contribution in [2.24, 2.45) is 0 Å². The van der Waals surface area contributed by atoms with Crippen LogP contribution in [-0.2, 0) is 6.61 Å². The molecule has 7 heteroatoms. The third kappa shape index (κ3) is 3.31. The molecule has 5 nitrogen and oxygen atoms in total. The van der Waals surface area contributed by atoms with Crippen molar-refractivity contribution < 1.29 is 19.1 Å². The van der Waals surface area contributed by atoms with Crippen LogP contribution in [-0.4, -0.2) is 24.5 Å². The first-order valence-corrected chi connectivity index (χ1v) is 8.11. The second-order valence-electron chi connectivity index (χ2n) is 5.19. The van der Waals surface area contributed by atoms with Crippen LogP contribution in [0, 0.1) is 0 Å². The van der Waals surface area contributed by atoms with Gasteiger partial charge in [0.1, 0.15) is 17.2 Å². The minimum absolute atomic E-state index is 0.292. The Balaban J connectivity index is 2.23. The van der Waals surface area contributed by atoms with Crippen LogP contribution in [0.15, 0.2) is 40.9 Å². The van der Waals surface area contributed by atoms with Crippen LogP contribution in [0.25, 0.3) is 22.6 Å². The first kappa shape index (κ1) is 17.6. The fraction of sp³-hybridized carbons (Fsp3) is 0.167. The monoisotopic (exact) mass is 379 g/mol. The van der Waals surface area contributed by atoms with Gasteiger partial charge in [0.25, 0.3) is 0 Å². The Morgan fingerprint density at radius 1 is 1.04 bits per heavy atom. The first-order chi connectivity index (χ1) is 12.1. The van der Waals surface area contributed by atoms with Gasteiger partial charge in [-0.25, -0.2) is 0 Å². The highest BCUT2D eigenvalue weighted by Crippen LogP contribution is 2.42. The number of benzene rings is 2. The molecule has 0 aliphatic carbocycles. The normalized spacial score (nSPS) is 10.8. The van der Waals surface area contributed by atoms with Crippen LogP contribution < -0.4 is 9.47 Å². The van der Waals surface area contributed by atoms with E-state index in [1.165, 1.54) is 0 Å². The Kier molecular flexibility index (Phi) is 5.18. The molecule has 0 aliphatic rings. The number of aliphatic hydroxyl groups is 1. The summed E-state index contributed by atoms with van der Waals surface area (Å²) in [6, 6.07) is 10.4. The SMILES string of the molecule is COc1cccc(OC)c1-c1noc(-c2cc(Cl)cc(Cl)c2)c1CO. The van der Waals surface area contributed by atoms with Crippen molar-refractivity contribution in [3.8, 4) is 34.1 Å². The van der Waals surface area contributed by atoms with E-state index in [0.717, 1.165) is 0 Å². The summed E-state index contributed by atoms with van der Waals surface area (Å²) < 4.78 is 16.3. The molecule has 2 aromatic carbocycles. The highest BCUT2D eigenvalue weighted by atomic mass is 35.5. The maximum absolute atomic E-state index is 9.93. The van der Waals surface area contributed by atoms with Crippen LogP contribution in [0.3, 0.4) is 0 Å². The van der Waals surface area contributed by atoms with E-state index in [0.29, 0.717) is 49.7 Å². The molecule has 0 atom stereocenters. The molecule has 3 rings (SSSR count). The minimum atomic E-state index is -0.292. The van der Waals surface area contributed by atoms with Crippen molar-refractivity contribution in [3.63, 3.8) is 0 Å². The standard InChI is InChI=1S/C18H15Cl2NO4/c1-23-14-4-3-5-15(24-2)16(14)17-13(9-22)18(25-21-17)10-6-11(19)8-12(20)7-10/h3-8,22H,9H2,1-2H3. The van der Waals surface area contributed by atoms with Gasteiger partial charge in [0.2, 0.25) is 0 Å². The molecule has 0 spiro atoms. The molecule has 0 bridgehead atoms. The van der Waals surface area contributed by atoms with Gasteiger partial charge in [-0.1, -0.05) is 34.4 Å². The molecule has 1 heterocycles. The van der Waals surface area contributed by atoms with Gasteiger partial charge in [-0.2, -0.15) is 0 Å². The van der Waals surface area contributed by atoms with Crippen LogP contribution in [0.2, 0.25) is 10.0 Å². The molecule has 0 saturated carbocycles. The van der Waals surface area contributed by atoms with Gasteiger partial charge >= 0.3 is 0 Å². The summed E-state index contributed by atoms with van der Waals surface area (Å²) in [5.41, 5.74) is 2.14. The highest BCUT2D eigenvalue weighted by molar-refractivity contribution is 6.35. The average molecular weight is 380 g/mol. The summed E-state index contributed by atoms with van der Waals surface area (Å²) in [7, 11) is 3.10. The van der Waals surface area contributed by atoms with Crippen LogP contribution in [0.4, 0.5) is 0 Å². The molecule has 0 amide bonds. The van der Waals surface area contributed by atoms with E-state index in [1.807, 2.05) is 0 Å². The second kappa shape index (κ2) is 7.35.